The van der Waals surface area contributed by atoms with Crippen LogP contribution in [0.4, 0.5) is 5.69 Å². The molecule has 3 amide bonds. The van der Waals surface area contributed by atoms with Crippen LogP contribution in [-0.4, -0.2) is 94.6 Å². The Balaban J connectivity index is 0.932. The van der Waals surface area contributed by atoms with Gasteiger partial charge in [0.2, 0.25) is 11.8 Å². The number of aromatic nitrogens is 2. The molecule has 3 saturated heterocycles. The summed E-state index contributed by atoms with van der Waals surface area (Å²) in [5.74, 6) is 0.0726. The first-order chi connectivity index (χ1) is 23.5. The van der Waals surface area contributed by atoms with Crippen molar-refractivity contribution >= 4 is 39.3 Å². The van der Waals surface area contributed by atoms with Crippen molar-refractivity contribution < 1.29 is 14.4 Å². The van der Waals surface area contributed by atoms with Gasteiger partial charge in [-0.3, -0.25) is 29.4 Å². The van der Waals surface area contributed by atoms with Crippen molar-refractivity contribution in [3.8, 4) is 0 Å². The number of halogens is 1. The molecular weight excluding hydrogens is 686 g/mol. The molecule has 1 N–H and O–H groups in total. The van der Waals surface area contributed by atoms with Crippen LogP contribution in [0.3, 0.4) is 0 Å². The van der Waals surface area contributed by atoms with E-state index in [1.807, 2.05) is 6.07 Å². The average Bonchev–Trinajstić information content (AvgIpc) is 3.42. The molecule has 4 aliphatic rings. The number of imide groups is 1. The quantitative estimate of drug-likeness (QED) is 0.368. The summed E-state index contributed by atoms with van der Waals surface area (Å²) < 4.78 is 1.90. The van der Waals surface area contributed by atoms with Crippen molar-refractivity contribution in [3.05, 3.63) is 91.3 Å². The van der Waals surface area contributed by atoms with Gasteiger partial charge in [-0.2, -0.15) is 5.10 Å². The van der Waals surface area contributed by atoms with Gasteiger partial charge in [0, 0.05) is 58.3 Å². The lowest BCUT2D eigenvalue weighted by atomic mass is 9.87. The van der Waals surface area contributed by atoms with Gasteiger partial charge in [0.15, 0.2) is 0 Å². The molecule has 0 aliphatic carbocycles. The van der Waals surface area contributed by atoms with Gasteiger partial charge in [0.1, 0.15) is 10.5 Å². The number of hydrogen-bond donors (Lipinski definition) is 1. The van der Waals surface area contributed by atoms with Crippen molar-refractivity contribution in [2.45, 2.75) is 69.1 Å². The highest BCUT2D eigenvalue weighted by Gasteiger charge is 2.39. The second-order valence-electron chi connectivity index (χ2n) is 14.3. The van der Waals surface area contributed by atoms with Gasteiger partial charge >= 0.3 is 0 Å². The average molecular weight is 731 g/mol. The molecule has 3 atom stereocenters. The Bertz CT molecular complexity index is 1820. The molecule has 1 aromatic heterocycles. The Morgan fingerprint density at radius 1 is 0.939 bits per heavy atom. The third-order valence-corrected chi connectivity index (χ3v) is 11.8. The van der Waals surface area contributed by atoms with Gasteiger partial charge < -0.3 is 14.7 Å². The van der Waals surface area contributed by atoms with Crippen LogP contribution in [0, 0.1) is 0 Å². The lowest BCUT2D eigenvalue weighted by Gasteiger charge is -2.41. The number of benzene rings is 2. The number of nitrogens with one attached hydrogen (secondary N) is 1. The molecular formula is C37H44BrN7O4. The number of aryl methyl sites for hydroxylation is 1. The Kier molecular flexibility index (Phi) is 9.47. The van der Waals surface area contributed by atoms with Gasteiger partial charge in [-0.1, -0.05) is 36.4 Å². The minimum absolute atomic E-state index is 0.120. The van der Waals surface area contributed by atoms with Crippen LogP contribution < -0.4 is 15.8 Å². The topological polar surface area (TPSA) is 111 Å². The molecule has 11 nitrogen and oxygen atoms in total. The predicted molar refractivity (Wildman–Crippen MR) is 190 cm³/mol. The number of amides is 3. The summed E-state index contributed by atoms with van der Waals surface area (Å²) in [5, 5.41) is 6.63. The molecule has 0 radical (unpaired) electrons. The number of hydrogen-bond acceptors (Lipinski definition) is 8. The highest BCUT2D eigenvalue weighted by molar-refractivity contribution is 9.10. The van der Waals surface area contributed by atoms with Crippen molar-refractivity contribution in [1.29, 1.82) is 0 Å². The molecule has 3 fully saturated rings. The zero-order valence-electron chi connectivity index (χ0n) is 28.4. The van der Waals surface area contributed by atoms with Crippen molar-refractivity contribution in [2.75, 3.05) is 45.2 Å². The Labute approximate surface area is 295 Å². The van der Waals surface area contributed by atoms with E-state index in [2.05, 4.69) is 91.5 Å². The molecule has 2 aromatic carbocycles. The lowest BCUT2D eigenvalue weighted by Crippen LogP contribution is -2.52. The zero-order valence-corrected chi connectivity index (χ0v) is 30.0. The van der Waals surface area contributed by atoms with Crippen LogP contribution in [0.25, 0.3) is 0 Å². The Morgan fingerprint density at radius 3 is 2.41 bits per heavy atom. The first kappa shape index (κ1) is 33.6. The number of nitrogens with zero attached hydrogens (tertiary/aromatic N) is 6. The van der Waals surface area contributed by atoms with E-state index >= 15 is 0 Å². The summed E-state index contributed by atoms with van der Waals surface area (Å²) in [7, 11) is 5.88. The number of likely N-dealkylation sites (N-methyl/N-ethyl adjacent to an activating group) is 2. The van der Waals surface area contributed by atoms with Crippen LogP contribution in [-0.2, 0) is 29.7 Å². The van der Waals surface area contributed by atoms with Crippen LogP contribution in [0.5, 0.6) is 0 Å². The van der Waals surface area contributed by atoms with Gasteiger partial charge in [-0.15, -0.1) is 0 Å². The van der Waals surface area contributed by atoms with E-state index in [0.717, 1.165) is 63.2 Å². The van der Waals surface area contributed by atoms with Gasteiger partial charge in [0.05, 0.1) is 11.9 Å². The zero-order chi connectivity index (χ0) is 34.4. The number of carbonyl (C=O) groups is 3. The number of fused-ring (bicyclic) bond motifs is 1. The number of likely N-dealkylation sites (tertiary alicyclic amines) is 2. The molecule has 4 aliphatic heterocycles. The van der Waals surface area contributed by atoms with Crippen LogP contribution in [0.1, 0.15) is 76.6 Å². The van der Waals surface area contributed by atoms with Crippen molar-refractivity contribution in [2.24, 2.45) is 7.05 Å². The van der Waals surface area contributed by atoms with Crippen LogP contribution in [0.2, 0.25) is 0 Å². The highest BCUT2D eigenvalue weighted by Crippen LogP contribution is 2.35. The first-order valence-electron chi connectivity index (χ1n) is 17.3. The van der Waals surface area contributed by atoms with E-state index in [1.54, 1.807) is 18.1 Å². The van der Waals surface area contributed by atoms with Crippen molar-refractivity contribution in [3.63, 3.8) is 0 Å². The van der Waals surface area contributed by atoms with E-state index < -0.39 is 6.04 Å². The molecule has 5 heterocycles. The maximum absolute atomic E-state index is 13.1. The summed E-state index contributed by atoms with van der Waals surface area (Å²) in [6.07, 6.45) is 5.52. The van der Waals surface area contributed by atoms with Crippen LogP contribution >= 0.6 is 15.9 Å². The molecule has 7 rings (SSSR count). The molecule has 12 heteroatoms. The summed E-state index contributed by atoms with van der Waals surface area (Å²) in [4.78, 5) is 58.3. The number of anilines is 1. The number of carbonyl (C=O) groups excluding carboxylic acids is 3. The minimum atomic E-state index is -0.584. The molecule has 3 aromatic rings. The smallest absolute Gasteiger partial charge is 0.282 e. The molecule has 49 heavy (non-hydrogen) atoms. The number of rotatable bonds is 7. The van der Waals surface area contributed by atoms with E-state index in [-0.39, 0.29) is 35.7 Å². The Morgan fingerprint density at radius 2 is 1.67 bits per heavy atom. The van der Waals surface area contributed by atoms with Gasteiger partial charge in [-0.25, -0.2) is 4.68 Å². The number of piperidine rings is 3. The second-order valence-corrected chi connectivity index (χ2v) is 15.1. The molecule has 0 bridgehead atoms. The fourth-order valence-corrected chi connectivity index (χ4v) is 8.82. The largest absolute Gasteiger partial charge is 0.368 e. The highest BCUT2D eigenvalue weighted by atomic mass is 79.9. The fraction of sp³-hybridized carbons (Fsp3) is 0.486. The van der Waals surface area contributed by atoms with Crippen LogP contribution in [0.15, 0.2) is 57.9 Å². The van der Waals surface area contributed by atoms with E-state index in [9.17, 15) is 19.2 Å². The third kappa shape index (κ3) is 6.82. The van der Waals surface area contributed by atoms with E-state index in [0.29, 0.717) is 34.8 Å². The molecule has 0 spiro atoms. The summed E-state index contributed by atoms with van der Waals surface area (Å²) in [6.45, 7) is 5.29. The fourth-order valence-electron chi connectivity index (χ4n) is 8.18. The molecule has 258 valence electrons. The third-order valence-electron chi connectivity index (χ3n) is 11.1. The second kappa shape index (κ2) is 13.8. The lowest BCUT2D eigenvalue weighted by molar-refractivity contribution is -0.136. The van der Waals surface area contributed by atoms with E-state index in [4.69, 9.17) is 0 Å². The summed E-state index contributed by atoms with van der Waals surface area (Å²) in [5.41, 5.74) is 6.27. The molecule has 0 saturated carbocycles. The first-order valence-corrected chi connectivity index (χ1v) is 18.1. The maximum atomic E-state index is 13.1. The SMILES string of the molecule is CN1C[C@H](c2ccc(CN3CCC(c4ccc5c(c4)CN(C4CCC(=O)NC4=O)C5=O)CC3)cc2)C[C@H](N(C)c2cnn(C)c(=O)c2Br)C1. The normalized spacial score (nSPS) is 23.9. The molecule has 1 unspecified atom stereocenters. The Hall–Kier alpha value is -3.87. The standard InChI is InChI=1S/C37H44BrN7O4/c1-41-20-27(17-29(22-41)42(2)32-18-39-43(3)37(49)34(32)38)24-6-4-23(5-7-24)19-44-14-12-25(13-15-44)26-8-9-30-28(16-26)21-45(36(30)48)31-10-11-33(46)40-35(31)47/h4-9,16,18,25,27,29,31H,10-15,17,19-22H2,1-3H3,(H,40,46,47)/t27-,29+,31?/m1/s1. The predicted octanol–water partition coefficient (Wildman–Crippen LogP) is 3.61. The van der Waals surface area contributed by atoms with E-state index in [1.165, 1.54) is 21.4 Å². The summed E-state index contributed by atoms with van der Waals surface area (Å²) >= 11 is 3.50. The summed E-state index contributed by atoms with van der Waals surface area (Å²) in [6, 6.07) is 15.0. The maximum Gasteiger partial charge on any atom is 0.282 e. The minimum Gasteiger partial charge on any atom is -0.368 e. The van der Waals surface area contributed by atoms with Gasteiger partial charge in [-0.05, 0) is 102 Å². The van der Waals surface area contributed by atoms with Gasteiger partial charge in [0.25, 0.3) is 11.5 Å². The van der Waals surface area contributed by atoms with Crippen molar-refractivity contribution in [1.82, 2.24) is 29.8 Å². The monoisotopic (exact) mass is 729 g/mol.